The number of hydrogen-bond acceptors (Lipinski definition) is 5. The van der Waals surface area contributed by atoms with Crippen LogP contribution in [0.2, 0.25) is 0 Å². The van der Waals surface area contributed by atoms with Gasteiger partial charge in [-0.3, -0.25) is 9.13 Å². The molecule has 0 bridgehead atoms. The third-order valence-corrected chi connectivity index (χ3v) is 5.01. The second-order valence-electron chi connectivity index (χ2n) is 6.79. The summed E-state index contributed by atoms with van der Waals surface area (Å²) in [7, 11) is 1.81. The molecule has 0 amide bonds. The number of imidazole rings is 1. The molecule has 1 fully saturated rings. The molecule has 4 heterocycles. The van der Waals surface area contributed by atoms with Crippen LogP contribution in [-0.2, 0) is 13.6 Å². The molecule has 0 N–H and O–H groups in total. The van der Waals surface area contributed by atoms with Crippen LogP contribution in [0.5, 0.6) is 0 Å². The van der Waals surface area contributed by atoms with Gasteiger partial charge < -0.3 is 4.90 Å². The Kier molecular flexibility index (Phi) is 3.99. The lowest BCUT2D eigenvalue weighted by Gasteiger charge is -2.32. The van der Waals surface area contributed by atoms with E-state index in [0.717, 1.165) is 55.2 Å². The largest absolute Gasteiger partial charge is 0.341 e. The molecule has 130 valence electrons. The highest BCUT2D eigenvalue weighted by atomic mass is 16.1. The first-order valence-electron chi connectivity index (χ1n) is 8.67. The number of nitrogens with zero attached hydrogens (tertiary/aromatic N) is 6. The monoisotopic (exact) mass is 338 g/mol. The fourth-order valence-electron chi connectivity index (χ4n) is 3.52. The van der Waals surface area contributed by atoms with Crippen LogP contribution in [0.4, 0.5) is 5.95 Å². The average molecular weight is 338 g/mol. The Morgan fingerprint density at radius 2 is 1.88 bits per heavy atom. The molecule has 0 unspecified atom stereocenters. The van der Waals surface area contributed by atoms with Crippen molar-refractivity contribution in [3.8, 4) is 0 Å². The summed E-state index contributed by atoms with van der Waals surface area (Å²) in [6.07, 6.45) is 7.50. The molecule has 1 aliphatic heterocycles. The third-order valence-electron chi connectivity index (χ3n) is 5.01. The van der Waals surface area contributed by atoms with Crippen LogP contribution in [0.3, 0.4) is 0 Å². The molecule has 4 rings (SSSR count). The summed E-state index contributed by atoms with van der Waals surface area (Å²) in [6.45, 7) is 4.54. The number of aromatic nitrogens is 5. The zero-order chi connectivity index (χ0) is 17.4. The first-order chi connectivity index (χ1) is 12.1. The van der Waals surface area contributed by atoms with Crippen molar-refractivity contribution in [2.75, 3.05) is 18.0 Å². The lowest BCUT2D eigenvalue weighted by molar-refractivity contribution is 0.353. The first kappa shape index (κ1) is 15.8. The molecule has 7 heteroatoms. The summed E-state index contributed by atoms with van der Waals surface area (Å²) in [5, 5.41) is 0. The van der Waals surface area contributed by atoms with Crippen LogP contribution in [-0.4, -0.2) is 37.2 Å². The van der Waals surface area contributed by atoms with Gasteiger partial charge in [-0.15, -0.1) is 0 Å². The van der Waals surface area contributed by atoms with Crippen LogP contribution < -0.4 is 10.6 Å². The van der Waals surface area contributed by atoms with Gasteiger partial charge in [0, 0.05) is 45.3 Å². The molecule has 0 saturated carbocycles. The van der Waals surface area contributed by atoms with Gasteiger partial charge in [0.2, 0.25) is 5.95 Å². The van der Waals surface area contributed by atoms with Crippen molar-refractivity contribution < 1.29 is 0 Å². The smallest absolute Gasteiger partial charge is 0.330 e. The van der Waals surface area contributed by atoms with E-state index in [4.69, 9.17) is 0 Å². The molecule has 0 aliphatic carbocycles. The Morgan fingerprint density at radius 1 is 1.16 bits per heavy atom. The maximum absolute atomic E-state index is 12.5. The summed E-state index contributed by atoms with van der Waals surface area (Å²) in [4.78, 5) is 28.0. The van der Waals surface area contributed by atoms with Gasteiger partial charge in [0.1, 0.15) is 0 Å². The van der Waals surface area contributed by atoms with Gasteiger partial charge in [0.05, 0.1) is 5.52 Å². The molecule has 0 aromatic carbocycles. The normalized spacial score (nSPS) is 15.8. The predicted octanol–water partition coefficient (Wildman–Crippen LogP) is 1.75. The summed E-state index contributed by atoms with van der Waals surface area (Å²) in [6, 6.07) is 3.81. The van der Waals surface area contributed by atoms with Crippen molar-refractivity contribution in [2.24, 2.45) is 13.0 Å². The zero-order valence-corrected chi connectivity index (χ0v) is 14.6. The van der Waals surface area contributed by atoms with E-state index < -0.39 is 0 Å². The quantitative estimate of drug-likeness (QED) is 0.728. The van der Waals surface area contributed by atoms with Crippen molar-refractivity contribution in [3.05, 3.63) is 46.8 Å². The highest BCUT2D eigenvalue weighted by molar-refractivity contribution is 5.71. The Bertz CT molecular complexity index is 934. The number of pyridine rings is 1. The molecule has 0 spiro atoms. The second kappa shape index (κ2) is 6.31. The molecular weight excluding hydrogens is 316 g/mol. The van der Waals surface area contributed by atoms with E-state index in [0.29, 0.717) is 5.92 Å². The summed E-state index contributed by atoms with van der Waals surface area (Å²) in [5.41, 5.74) is 2.75. The highest BCUT2D eigenvalue weighted by Crippen LogP contribution is 2.22. The molecule has 7 nitrogen and oxygen atoms in total. The lowest BCUT2D eigenvalue weighted by atomic mass is 9.97. The van der Waals surface area contributed by atoms with Crippen molar-refractivity contribution in [1.29, 1.82) is 0 Å². The minimum Gasteiger partial charge on any atom is -0.341 e. The van der Waals surface area contributed by atoms with E-state index in [9.17, 15) is 4.79 Å². The molecule has 1 saturated heterocycles. The minimum absolute atomic E-state index is 0.0120. The highest BCUT2D eigenvalue weighted by Gasteiger charge is 2.23. The fraction of sp³-hybridized carbons (Fsp3) is 0.444. The van der Waals surface area contributed by atoms with Crippen molar-refractivity contribution in [1.82, 2.24) is 24.1 Å². The van der Waals surface area contributed by atoms with E-state index >= 15 is 0 Å². The predicted molar refractivity (Wildman–Crippen MR) is 96.7 cm³/mol. The Balaban J connectivity index is 1.48. The minimum atomic E-state index is 0.0120. The molecule has 0 atom stereocenters. The number of piperidine rings is 1. The summed E-state index contributed by atoms with van der Waals surface area (Å²) < 4.78 is 3.50. The SMILES string of the molecule is Cc1cnc(N2CCC(Cn3c(=O)n(C)c4cccnc43)CC2)nc1. The Labute approximate surface area is 146 Å². The maximum Gasteiger partial charge on any atom is 0.330 e. The average Bonchev–Trinajstić information content (AvgIpc) is 2.88. The Morgan fingerprint density at radius 3 is 2.60 bits per heavy atom. The van der Waals surface area contributed by atoms with Gasteiger partial charge in [0.15, 0.2) is 5.65 Å². The Hall–Kier alpha value is -2.70. The van der Waals surface area contributed by atoms with Crippen molar-refractivity contribution >= 4 is 17.1 Å². The topological polar surface area (TPSA) is 68.8 Å². The molecule has 3 aromatic rings. The van der Waals surface area contributed by atoms with Crippen LogP contribution in [0, 0.1) is 12.8 Å². The number of aryl methyl sites for hydroxylation is 2. The van der Waals surface area contributed by atoms with E-state index in [2.05, 4.69) is 19.9 Å². The lowest BCUT2D eigenvalue weighted by Crippen LogP contribution is -2.37. The van der Waals surface area contributed by atoms with Crippen LogP contribution in [0.15, 0.2) is 35.5 Å². The van der Waals surface area contributed by atoms with E-state index in [-0.39, 0.29) is 5.69 Å². The van der Waals surface area contributed by atoms with Gasteiger partial charge in [0.25, 0.3) is 0 Å². The van der Waals surface area contributed by atoms with Gasteiger partial charge in [-0.2, -0.15) is 0 Å². The van der Waals surface area contributed by atoms with Gasteiger partial charge in [-0.05, 0) is 43.4 Å². The van der Waals surface area contributed by atoms with E-state index in [1.165, 1.54) is 0 Å². The summed E-state index contributed by atoms with van der Waals surface area (Å²) in [5.74, 6) is 1.26. The van der Waals surface area contributed by atoms with Crippen molar-refractivity contribution in [2.45, 2.75) is 26.3 Å². The van der Waals surface area contributed by atoms with Gasteiger partial charge >= 0.3 is 5.69 Å². The maximum atomic E-state index is 12.5. The van der Waals surface area contributed by atoms with Crippen molar-refractivity contribution in [3.63, 3.8) is 0 Å². The van der Waals surface area contributed by atoms with Gasteiger partial charge in [-0.1, -0.05) is 0 Å². The van der Waals surface area contributed by atoms with Crippen LogP contribution in [0.25, 0.3) is 11.2 Å². The first-order valence-corrected chi connectivity index (χ1v) is 8.67. The molecule has 1 aliphatic rings. The fourth-order valence-corrected chi connectivity index (χ4v) is 3.52. The number of hydrogen-bond donors (Lipinski definition) is 0. The standard InChI is InChI=1S/C18H22N6O/c1-13-10-20-17(21-11-13)23-8-5-14(6-9-23)12-24-16-15(4-3-7-19-16)22(2)18(24)25/h3-4,7,10-11,14H,5-6,8-9,12H2,1-2H3. The summed E-state index contributed by atoms with van der Waals surface area (Å²) >= 11 is 0. The molecule has 3 aromatic heterocycles. The number of rotatable bonds is 3. The molecular formula is C18H22N6O. The number of anilines is 1. The number of fused-ring (bicyclic) bond motifs is 1. The van der Waals surface area contributed by atoms with E-state index in [1.54, 1.807) is 17.8 Å². The molecule has 0 radical (unpaired) electrons. The van der Waals surface area contributed by atoms with Crippen LogP contribution >= 0.6 is 0 Å². The second-order valence-corrected chi connectivity index (χ2v) is 6.79. The molecule has 25 heavy (non-hydrogen) atoms. The van der Waals surface area contributed by atoms with E-state index in [1.807, 2.05) is 36.0 Å². The van der Waals surface area contributed by atoms with Gasteiger partial charge in [-0.25, -0.2) is 19.7 Å². The van der Waals surface area contributed by atoms with Crippen LogP contribution in [0.1, 0.15) is 18.4 Å². The third kappa shape index (κ3) is 2.90. The zero-order valence-electron chi connectivity index (χ0n) is 14.6.